The average molecular weight is 633 g/mol. The highest BCUT2D eigenvalue weighted by Crippen LogP contribution is 2.54. The maximum atomic E-state index is 15.8. The van der Waals surface area contributed by atoms with Gasteiger partial charge in [0.25, 0.3) is 11.1 Å². The molecule has 4 aromatic heterocycles. The van der Waals surface area contributed by atoms with Gasteiger partial charge in [0.15, 0.2) is 40.9 Å². The van der Waals surface area contributed by atoms with Gasteiger partial charge in [0, 0.05) is 0 Å². The number of aliphatic hydroxyl groups excluding tert-OH is 2. The molecule has 6 heterocycles. The smallest absolute Gasteiger partial charge is 0.326 e. The number of imidazole rings is 2. The second-order valence-electron chi connectivity index (χ2n) is 9.43. The van der Waals surface area contributed by atoms with Crippen molar-refractivity contribution in [3.05, 3.63) is 39.7 Å². The molecular weight excluding hydrogens is 611 g/mol. The zero-order chi connectivity index (χ0) is 30.0. The number of halogens is 2. The quantitative estimate of drug-likeness (QED) is 0.116. The Bertz CT molecular complexity index is 1820. The van der Waals surface area contributed by atoms with E-state index in [2.05, 4.69) is 29.9 Å². The van der Waals surface area contributed by atoms with Crippen LogP contribution < -0.4 is 16.9 Å². The third-order valence-corrected chi connectivity index (χ3v) is 8.45. The van der Waals surface area contributed by atoms with Crippen molar-refractivity contribution in [2.24, 2.45) is 0 Å². The Kier molecular flexibility index (Phi) is 7.19. The molecule has 1 unspecified atom stereocenters. The van der Waals surface area contributed by atoms with Crippen molar-refractivity contribution in [2.75, 3.05) is 25.6 Å². The van der Waals surface area contributed by atoms with Crippen LogP contribution in [0.15, 0.2) is 28.6 Å². The molecule has 7 N–H and O–H groups in total. The van der Waals surface area contributed by atoms with Gasteiger partial charge in [0.05, 0.1) is 38.8 Å². The largest absolute Gasteiger partial charge is 0.394 e. The Labute approximate surface area is 236 Å². The van der Waals surface area contributed by atoms with E-state index in [1.165, 1.54) is 0 Å². The van der Waals surface area contributed by atoms with Gasteiger partial charge < -0.3 is 39.8 Å². The van der Waals surface area contributed by atoms with E-state index in [-0.39, 0.29) is 28.3 Å². The van der Waals surface area contributed by atoms with Crippen LogP contribution in [0.3, 0.4) is 0 Å². The number of nitrogen functional groups attached to an aromatic ring is 1. The summed E-state index contributed by atoms with van der Waals surface area (Å²) >= 11 is 5.11. The van der Waals surface area contributed by atoms with Crippen LogP contribution in [0, 0.1) is 0 Å². The molecule has 0 amide bonds. The number of aromatic nitrogens is 8. The van der Waals surface area contributed by atoms with E-state index in [4.69, 9.17) is 36.1 Å². The normalized spacial score (nSPS) is 31.3. The minimum atomic E-state index is -4.50. The lowest BCUT2D eigenvalue weighted by atomic mass is 10.1. The van der Waals surface area contributed by atoms with Gasteiger partial charge in [-0.2, -0.15) is 4.98 Å². The van der Waals surface area contributed by atoms with E-state index in [1.54, 1.807) is 0 Å². The highest BCUT2D eigenvalue weighted by atomic mass is 32.5. The molecule has 0 radical (unpaired) electrons. The molecule has 2 aliphatic rings. The number of hydrogen-bond acceptors (Lipinski definition) is 14. The van der Waals surface area contributed by atoms with E-state index in [9.17, 15) is 24.7 Å². The number of hydrogen-bond donors (Lipinski definition) is 6. The maximum Gasteiger partial charge on any atom is 0.326 e. The number of fused-ring (bicyclic) bond motifs is 2. The van der Waals surface area contributed by atoms with Crippen LogP contribution in [-0.2, 0) is 36.1 Å². The summed E-state index contributed by atoms with van der Waals surface area (Å²) < 4.78 is 54.9. The Morgan fingerprint density at radius 3 is 2.67 bits per heavy atom. The minimum absolute atomic E-state index is 0.00739. The van der Waals surface area contributed by atoms with Crippen molar-refractivity contribution >= 4 is 46.8 Å². The van der Waals surface area contributed by atoms with Crippen molar-refractivity contribution in [3.63, 3.8) is 0 Å². The second-order valence-corrected chi connectivity index (χ2v) is 12.2. The summed E-state index contributed by atoms with van der Waals surface area (Å²) in [5, 5.41) is 20.1. The second kappa shape index (κ2) is 10.5. The van der Waals surface area contributed by atoms with Crippen molar-refractivity contribution in [2.45, 2.75) is 42.6 Å². The number of nitrogens with one attached hydrogen (secondary N) is 2. The fourth-order valence-corrected chi connectivity index (χ4v) is 6.46. The highest BCUT2D eigenvalue weighted by molar-refractivity contribution is 8.07. The monoisotopic (exact) mass is 633 g/mol. The molecule has 0 saturated carbocycles. The first-order chi connectivity index (χ1) is 20.0. The van der Waals surface area contributed by atoms with Gasteiger partial charge in [-0.05, 0) is 11.8 Å². The van der Waals surface area contributed by atoms with E-state index in [1.807, 2.05) is 0 Å². The highest BCUT2D eigenvalue weighted by Gasteiger charge is 2.57. The standard InChI is InChI=1S/C20H22F2N9O9PS/c21-9-12(33)8(39-18(9)30-5-26-10-14(30)24-4-25-16(10)34)2-38-41(36,42)40-20(3-37-7(1-32)13(20)22)31-6-27-11-15(31)28-19(23)29-17(11)35/h4-9,12-13,18,32-33H,1-3H2,(H,36,42)(H,24,25,34)(H3,23,28,29,35)/t7-,8-,9+,12-,13-,18-,20-,41?/m1/s1. The maximum absolute atomic E-state index is 15.8. The molecule has 6 rings (SSSR count). The third-order valence-electron chi connectivity index (χ3n) is 6.88. The Balaban J connectivity index is 1.25. The number of anilines is 1. The first-order valence-corrected chi connectivity index (χ1v) is 14.7. The fraction of sp³-hybridized carbons (Fsp3) is 0.500. The summed E-state index contributed by atoms with van der Waals surface area (Å²) in [5.74, 6) is -0.328. The summed E-state index contributed by atoms with van der Waals surface area (Å²) in [6, 6.07) is 0. The summed E-state index contributed by atoms with van der Waals surface area (Å²) in [5.41, 5.74) is 1.41. The van der Waals surface area contributed by atoms with Gasteiger partial charge in [-0.1, -0.05) is 0 Å². The van der Waals surface area contributed by atoms with Crippen molar-refractivity contribution in [1.82, 2.24) is 39.0 Å². The summed E-state index contributed by atoms with van der Waals surface area (Å²) in [6.45, 7) is -6.65. The van der Waals surface area contributed by atoms with Crippen LogP contribution >= 0.6 is 6.72 Å². The summed E-state index contributed by atoms with van der Waals surface area (Å²) in [7, 11) is 0. The molecule has 18 nitrogen and oxygen atoms in total. The van der Waals surface area contributed by atoms with Gasteiger partial charge in [-0.3, -0.25) is 28.2 Å². The Morgan fingerprint density at radius 1 is 1.19 bits per heavy atom. The lowest BCUT2D eigenvalue weighted by Crippen LogP contribution is -2.46. The number of alkyl halides is 2. The van der Waals surface area contributed by atoms with Crippen LogP contribution in [0.1, 0.15) is 6.23 Å². The molecule has 0 aromatic carbocycles. The van der Waals surface area contributed by atoms with Gasteiger partial charge in [0.1, 0.15) is 18.3 Å². The van der Waals surface area contributed by atoms with Gasteiger partial charge in [-0.25, -0.2) is 23.7 Å². The first-order valence-electron chi connectivity index (χ1n) is 12.1. The van der Waals surface area contributed by atoms with E-state index >= 15 is 8.78 Å². The van der Waals surface area contributed by atoms with Gasteiger partial charge >= 0.3 is 6.72 Å². The number of rotatable bonds is 8. The molecule has 4 aromatic rings. The lowest BCUT2D eigenvalue weighted by Gasteiger charge is -2.34. The lowest BCUT2D eigenvalue weighted by molar-refractivity contribution is -0.0778. The predicted molar refractivity (Wildman–Crippen MR) is 139 cm³/mol. The predicted octanol–water partition coefficient (Wildman–Crippen LogP) is -1.94. The number of aliphatic hydroxyl groups is 2. The molecule has 42 heavy (non-hydrogen) atoms. The average Bonchev–Trinajstić information content (AvgIpc) is 3.70. The molecule has 0 spiro atoms. The summed E-state index contributed by atoms with van der Waals surface area (Å²) in [6.07, 6.45) is -7.17. The van der Waals surface area contributed by atoms with E-state index in [0.717, 1.165) is 28.1 Å². The molecule has 2 saturated heterocycles. The van der Waals surface area contributed by atoms with Crippen molar-refractivity contribution in [3.8, 4) is 0 Å². The van der Waals surface area contributed by atoms with Crippen LogP contribution in [0.4, 0.5) is 14.7 Å². The minimum Gasteiger partial charge on any atom is -0.394 e. The zero-order valence-electron chi connectivity index (χ0n) is 21.0. The fourth-order valence-electron chi connectivity index (χ4n) is 4.86. The molecule has 22 heteroatoms. The van der Waals surface area contributed by atoms with Crippen molar-refractivity contribution in [1.29, 1.82) is 0 Å². The van der Waals surface area contributed by atoms with Crippen LogP contribution in [0.5, 0.6) is 0 Å². The van der Waals surface area contributed by atoms with Crippen LogP contribution in [0.2, 0.25) is 0 Å². The topological polar surface area (TPSA) is 251 Å². The Hall–Kier alpha value is -3.27. The molecule has 2 aliphatic heterocycles. The molecule has 0 aliphatic carbocycles. The van der Waals surface area contributed by atoms with Crippen molar-refractivity contribution < 1.29 is 42.4 Å². The summed E-state index contributed by atoms with van der Waals surface area (Å²) in [4.78, 5) is 55.5. The van der Waals surface area contributed by atoms with E-state index in [0.29, 0.717) is 0 Å². The molecule has 0 bridgehead atoms. The first kappa shape index (κ1) is 28.8. The number of ether oxygens (including phenoxy) is 2. The zero-order valence-corrected chi connectivity index (χ0v) is 22.7. The number of nitrogens with zero attached hydrogens (tertiary/aromatic N) is 6. The number of nitrogens with two attached hydrogens (primary N) is 1. The van der Waals surface area contributed by atoms with Crippen LogP contribution in [-0.4, -0.2) is 105 Å². The number of aromatic amines is 2. The third kappa shape index (κ3) is 4.62. The number of H-pyrrole nitrogens is 2. The SMILES string of the molecule is Nc1nc2c(ncn2[C@@]2(OP(O)(=S)OC[C@H]3O[C@@H](n4cnc5c(=O)[nH]cnc54)[C@@H](F)[C@@H]3O)CO[C@H](CO)[C@H]2F)c(=O)[nH]1. The van der Waals surface area contributed by atoms with Crippen LogP contribution in [0.25, 0.3) is 22.3 Å². The molecule has 8 atom stereocenters. The van der Waals surface area contributed by atoms with Gasteiger partial charge in [-0.15, -0.1) is 0 Å². The molecule has 2 fully saturated rings. The van der Waals surface area contributed by atoms with E-state index < -0.39 is 80.3 Å². The molecule has 226 valence electrons. The Morgan fingerprint density at radius 2 is 1.93 bits per heavy atom. The molecular formula is C20H22F2N9O9PS. The van der Waals surface area contributed by atoms with Gasteiger partial charge in [0.2, 0.25) is 11.7 Å².